The standard InChI is InChI=1S/C23H27FN3O6PS/c1-15-12-19(23(25)26-16(15)2)13-27(14-28)17(3)21(10-11-33-34(30,31)32)35-22(29)9-8-18-6-4-5-7-20(18)24/h4-9,12,14H,10-11,13H2,1-3H3,(H2,25,26)(H2,30,31,32)/b9-8+,21-17-. The van der Waals surface area contributed by atoms with Gasteiger partial charge < -0.3 is 20.4 Å². The first-order valence-electron chi connectivity index (χ1n) is 10.4. The monoisotopic (exact) mass is 523 g/mol. The zero-order valence-electron chi connectivity index (χ0n) is 19.5. The number of nitrogen functional groups attached to an aromatic ring is 1. The van der Waals surface area contributed by atoms with E-state index in [1.54, 1.807) is 13.0 Å². The van der Waals surface area contributed by atoms with E-state index in [1.807, 2.05) is 19.9 Å². The summed E-state index contributed by atoms with van der Waals surface area (Å²) >= 11 is 0.744. The predicted molar refractivity (Wildman–Crippen MR) is 133 cm³/mol. The molecule has 9 nitrogen and oxygen atoms in total. The van der Waals surface area contributed by atoms with Gasteiger partial charge in [0.05, 0.1) is 13.2 Å². The molecule has 0 saturated carbocycles. The summed E-state index contributed by atoms with van der Waals surface area (Å²) in [4.78, 5) is 48.4. The number of nitrogens with zero attached hydrogens (tertiary/aromatic N) is 2. The quantitative estimate of drug-likeness (QED) is 0.225. The molecule has 2 rings (SSSR count). The van der Waals surface area contributed by atoms with Gasteiger partial charge in [-0.05, 0) is 62.4 Å². The number of hydrogen-bond donors (Lipinski definition) is 3. The van der Waals surface area contributed by atoms with Crippen LogP contribution in [0.4, 0.5) is 10.2 Å². The van der Waals surface area contributed by atoms with E-state index in [0.717, 1.165) is 23.0 Å². The second kappa shape index (κ2) is 12.8. The van der Waals surface area contributed by atoms with Crippen LogP contribution < -0.4 is 5.73 Å². The second-order valence-corrected chi connectivity index (χ2v) is 9.87. The van der Waals surface area contributed by atoms with E-state index >= 15 is 0 Å². The van der Waals surface area contributed by atoms with Crippen molar-refractivity contribution < 1.29 is 32.9 Å². The Morgan fingerprint density at radius 2 is 2.00 bits per heavy atom. The molecule has 0 unspecified atom stereocenters. The highest BCUT2D eigenvalue weighted by molar-refractivity contribution is 8.17. The van der Waals surface area contributed by atoms with Crippen molar-refractivity contribution in [3.8, 4) is 0 Å². The maximum atomic E-state index is 13.8. The molecule has 0 spiro atoms. The lowest BCUT2D eigenvalue weighted by molar-refractivity contribution is -0.117. The fraction of sp³-hybridized carbons (Fsp3) is 0.261. The number of carbonyl (C=O) groups is 2. The number of aromatic nitrogens is 1. The van der Waals surface area contributed by atoms with Gasteiger partial charge in [-0.1, -0.05) is 18.2 Å². The van der Waals surface area contributed by atoms with Crippen molar-refractivity contribution in [3.63, 3.8) is 0 Å². The number of pyridine rings is 1. The van der Waals surface area contributed by atoms with E-state index in [9.17, 15) is 18.5 Å². The third-order valence-electron chi connectivity index (χ3n) is 5.00. The number of benzene rings is 1. The third kappa shape index (κ3) is 9.04. The normalized spacial score (nSPS) is 12.5. The summed E-state index contributed by atoms with van der Waals surface area (Å²) in [6.07, 6.45) is 3.00. The zero-order valence-corrected chi connectivity index (χ0v) is 21.2. The first-order valence-corrected chi connectivity index (χ1v) is 12.7. The Morgan fingerprint density at radius 1 is 1.31 bits per heavy atom. The number of hydrogen-bond acceptors (Lipinski definition) is 7. The van der Waals surface area contributed by atoms with E-state index in [4.69, 9.17) is 15.5 Å². The molecule has 2 aromatic rings. The molecule has 1 aromatic carbocycles. The largest absolute Gasteiger partial charge is 0.469 e. The molecule has 0 aliphatic carbocycles. The number of anilines is 1. The van der Waals surface area contributed by atoms with Crippen LogP contribution in [0.25, 0.3) is 6.08 Å². The molecule has 1 amide bonds. The second-order valence-electron chi connectivity index (χ2n) is 7.53. The van der Waals surface area contributed by atoms with Crippen molar-refractivity contribution in [3.05, 3.63) is 75.2 Å². The van der Waals surface area contributed by atoms with E-state index in [0.29, 0.717) is 22.6 Å². The number of rotatable bonds is 11. The number of phosphoric acid groups is 1. The lowest BCUT2D eigenvalue weighted by Gasteiger charge is -2.22. The van der Waals surface area contributed by atoms with Crippen LogP contribution in [0.15, 0.2) is 47.0 Å². The molecule has 0 fully saturated rings. The number of nitrogens with two attached hydrogens (primary N) is 1. The zero-order chi connectivity index (χ0) is 26.2. The van der Waals surface area contributed by atoms with Gasteiger partial charge in [-0.15, -0.1) is 0 Å². The maximum Gasteiger partial charge on any atom is 0.469 e. The summed E-state index contributed by atoms with van der Waals surface area (Å²) < 4.78 is 29.4. The average Bonchev–Trinajstić information content (AvgIpc) is 2.78. The van der Waals surface area contributed by atoms with E-state index in [1.165, 1.54) is 35.3 Å². The molecule has 188 valence electrons. The number of allylic oxidation sites excluding steroid dienone is 1. The Kier molecular flexibility index (Phi) is 10.4. The van der Waals surface area contributed by atoms with Crippen molar-refractivity contribution >= 4 is 43.0 Å². The predicted octanol–water partition coefficient (Wildman–Crippen LogP) is 4.08. The van der Waals surface area contributed by atoms with Crippen molar-refractivity contribution in [1.82, 2.24) is 9.88 Å². The number of aryl methyl sites for hydroxylation is 2. The molecule has 0 atom stereocenters. The minimum atomic E-state index is -4.73. The van der Waals surface area contributed by atoms with Gasteiger partial charge in [-0.25, -0.2) is 13.9 Å². The summed E-state index contributed by atoms with van der Waals surface area (Å²) in [5.74, 6) is -0.231. The maximum absolute atomic E-state index is 13.8. The molecule has 0 aliphatic rings. The van der Waals surface area contributed by atoms with Crippen LogP contribution in [0, 0.1) is 19.7 Å². The van der Waals surface area contributed by atoms with Crippen LogP contribution in [-0.2, 0) is 25.2 Å². The first-order chi connectivity index (χ1) is 16.4. The van der Waals surface area contributed by atoms with Gasteiger partial charge >= 0.3 is 7.82 Å². The van der Waals surface area contributed by atoms with E-state index < -0.39 is 25.4 Å². The Balaban J connectivity index is 2.31. The van der Waals surface area contributed by atoms with Crippen molar-refractivity contribution in [2.24, 2.45) is 0 Å². The molecule has 0 radical (unpaired) electrons. The van der Waals surface area contributed by atoms with Crippen LogP contribution in [0.5, 0.6) is 0 Å². The van der Waals surface area contributed by atoms with Crippen LogP contribution in [0.2, 0.25) is 0 Å². The van der Waals surface area contributed by atoms with Crippen LogP contribution in [-0.4, -0.2) is 37.8 Å². The number of halogens is 1. The van der Waals surface area contributed by atoms with Crippen LogP contribution in [0.3, 0.4) is 0 Å². The topological polar surface area (TPSA) is 143 Å². The van der Waals surface area contributed by atoms with E-state index in [2.05, 4.69) is 9.51 Å². The summed E-state index contributed by atoms with van der Waals surface area (Å²) in [5.41, 5.74) is 8.84. The molecule has 35 heavy (non-hydrogen) atoms. The third-order valence-corrected chi connectivity index (χ3v) is 6.60. The lowest BCUT2D eigenvalue weighted by atomic mass is 10.1. The molecule has 0 saturated heterocycles. The smallest absolute Gasteiger partial charge is 0.383 e. The van der Waals surface area contributed by atoms with Crippen molar-refractivity contribution in [1.29, 1.82) is 0 Å². The lowest BCUT2D eigenvalue weighted by Crippen LogP contribution is -2.22. The van der Waals surface area contributed by atoms with Crippen molar-refractivity contribution in [2.75, 3.05) is 12.3 Å². The Hall–Kier alpha value is -2.82. The number of thioether (sulfide) groups is 1. The number of phosphoric ester groups is 1. The molecule has 1 aromatic heterocycles. The van der Waals surface area contributed by atoms with Gasteiger partial charge in [0.1, 0.15) is 11.6 Å². The van der Waals surface area contributed by atoms with Gasteiger partial charge in [0.15, 0.2) is 0 Å². The molecule has 1 heterocycles. The van der Waals surface area contributed by atoms with Crippen molar-refractivity contribution in [2.45, 2.75) is 33.7 Å². The van der Waals surface area contributed by atoms with Gasteiger partial charge in [0, 0.05) is 33.8 Å². The van der Waals surface area contributed by atoms with Crippen LogP contribution >= 0.6 is 19.6 Å². The highest BCUT2D eigenvalue weighted by Gasteiger charge is 2.19. The number of carbonyl (C=O) groups excluding carboxylic acids is 2. The van der Waals surface area contributed by atoms with Gasteiger partial charge in [0.2, 0.25) is 11.5 Å². The number of amides is 1. The fourth-order valence-electron chi connectivity index (χ4n) is 2.97. The van der Waals surface area contributed by atoms with Gasteiger partial charge in [-0.3, -0.25) is 14.1 Å². The molecular formula is C23H27FN3O6PS. The molecule has 12 heteroatoms. The molecule has 0 bridgehead atoms. The molecular weight excluding hydrogens is 496 g/mol. The highest BCUT2D eigenvalue weighted by Crippen LogP contribution is 2.37. The summed E-state index contributed by atoms with van der Waals surface area (Å²) in [5, 5.41) is -0.475. The fourth-order valence-corrected chi connectivity index (χ4v) is 4.13. The van der Waals surface area contributed by atoms with Gasteiger partial charge in [0.25, 0.3) is 0 Å². The minimum absolute atomic E-state index is 0.0636. The average molecular weight is 524 g/mol. The van der Waals surface area contributed by atoms with E-state index in [-0.39, 0.29) is 24.3 Å². The van der Waals surface area contributed by atoms with Gasteiger partial charge in [-0.2, -0.15) is 0 Å². The first kappa shape index (κ1) is 28.4. The Labute approximate surface area is 207 Å². The SMILES string of the molecule is C/C(=C(\CCOP(=O)(O)O)SC(=O)/C=C/c1ccccc1F)N(C=O)Cc1cc(C)c(C)nc1N. The molecule has 4 N–H and O–H groups in total. The van der Waals surface area contributed by atoms with Crippen LogP contribution in [0.1, 0.15) is 35.7 Å². The summed E-state index contributed by atoms with van der Waals surface area (Å²) in [7, 11) is -4.73. The highest BCUT2D eigenvalue weighted by atomic mass is 32.2. The summed E-state index contributed by atoms with van der Waals surface area (Å²) in [6.45, 7) is 4.94. The summed E-state index contributed by atoms with van der Waals surface area (Å²) in [6, 6.07) is 7.75. The Bertz CT molecular complexity index is 1200. The minimum Gasteiger partial charge on any atom is -0.383 e. The molecule has 0 aliphatic heterocycles. The Morgan fingerprint density at radius 3 is 2.63 bits per heavy atom.